The Morgan fingerprint density at radius 2 is 2.00 bits per heavy atom. The average molecular weight is 348 g/mol. The number of amides is 1. The second kappa shape index (κ2) is 7.60. The smallest absolute Gasteiger partial charge is 0.270 e. The molecule has 1 amide bonds. The molecule has 1 saturated heterocycles. The number of likely N-dealkylation sites (tertiary alicyclic amines) is 1. The van der Waals surface area contributed by atoms with Crippen LogP contribution in [0.3, 0.4) is 0 Å². The second-order valence-electron chi connectivity index (χ2n) is 6.88. The lowest BCUT2D eigenvalue weighted by atomic mass is 10.1. The summed E-state index contributed by atoms with van der Waals surface area (Å²) >= 11 is 0. The van der Waals surface area contributed by atoms with Crippen LogP contribution in [0.5, 0.6) is 0 Å². The quantitative estimate of drug-likeness (QED) is 0.709. The van der Waals surface area contributed by atoms with E-state index >= 15 is 0 Å². The number of benzene rings is 1. The summed E-state index contributed by atoms with van der Waals surface area (Å²) in [6.07, 6.45) is 10.7. The molecule has 1 fully saturated rings. The zero-order valence-electron chi connectivity index (χ0n) is 14.9. The van der Waals surface area contributed by atoms with Crippen LogP contribution in [0.1, 0.15) is 34.9 Å². The fourth-order valence-corrected chi connectivity index (χ4v) is 3.73. The van der Waals surface area contributed by atoms with Crippen molar-refractivity contribution in [2.24, 2.45) is 0 Å². The summed E-state index contributed by atoms with van der Waals surface area (Å²) in [6, 6.07) is 14.6. The summed E-state index contributed by atoms with van der Waals surface area (Å²) < 4.78 is 4.20. The molecule has 5 heteroatoms. The predicted molar refractivity (Wildman–Crippen MR) is 101 cm³/mol. The predicted octanol–water partition coefficient (Wildman–Crippen LogP) is 3.40. The first kappa shape index (κ1) is 16.6. The molecule has 134 valence electrons. The molecule has 0 radical (unpaired) electrons. The lowest BCUT2D eigenvalue weighted by Crippen LogP contribution is -2.41. The number of hydrogen-bond donors (Lipinski definition) is 0. The van der Waals surface area contributed by atoms with E-state index in [0.717, 1.165) is 44.6 Å². The maximum absolute atomic E-state index is 13.1. The Morgan fingerprint density at radius 3 is 2.81 bits per heavy atom. The van der Waals surface area contributed by atoms with Gasteiger partial charge in [0.05, 0.1) is 12.4 Å². The number of carbonyl (C=O) groups excluding carboxylic acids is 1. The largest absolute Gasteiger partial charge is 0.343 e. The molecule has 0 aliphatic carbocycles. The van der Waals surface area contributed by atoms with Crippen LogP contribution in [-0.2, 0) is 13.0 Å². The van der Waals surface area contributed by atoms with Crippen molar-refractivity contribution in [3.63, 3.8) is 0 Å². The van der Waals surface area contributed by atoms with Crippen LogP contribution in [0.4, 0.5) is 0 Å². The molecule has 1 unspecified atom stereocenters. The Morgan fingerprint density at radius 1 is 1.12 bits per heavy atom. The summed E-state index contributed by atoms with van der Waals surface area (Å²) in [5, 5.41) is 0. The summed E-state index contributed by atoms with van der Waals surface area (Å²) in [6.45, 7) is 2.39. The van der Waals surface area contributed by atoms with E-state index in [4.69, 9.17) is 0 Å². The highest BCUT2D eigenvalue weighted by molar-refractivity contribution is 5.92. The number of carbonyl (C=O) groups is 1. The Labute approximate surface area is 153 Å². The van der Waals surface area contributed by atoms with Gasteiger partial charge in [-0.3, -0.25) is 4.79 Å². The monoisotopic (exact) mass is 348 g/mol. The number of aromatic nitrogens is 3. The maximum Gasteiger partial charge on any atom is 0.270 e. The van der Waals surface area contributed by atoms with E-state index in [0.29, 0.717) is 6.04 Å². The van der Waals surface area contributed by atoms with Gasteiger partial charge < -0.3 is 14.0 Å². The van der Waals surface area contributed by atoms with Crippen LogP contribution >= 0.6 is 0 Å². The van der Waals surface area contributed by atoms with E-state index in [-0.39, 0.29) is 5.91 Å². The fourth-order valence-electron chi connectivity index (χ4n) is 3.73. The second-order valence-corrected chi connectivity index (χ2v) is 6.88. The van der Waals surface area contributed by atoms with E-state index in [9.17, 15) is 4.79 Å². The van der Waals surface area contributed by atoms with E-state index in [1.165, 1.54) is 5.56 Å². The average Bonchev–Trinajstić information content (AvgIpc) is 3.39. The molecule has 3 aromatic rings. The number of hydrogen-bond acceptors (Lipinski definition) is 2. The molecule has 1 atom stereocenters. The van der Waals surface area contributed by atoms with Crippen molar-refractivity contribution in [3.05, 3.63) is 78.6 Å². The number of aryl methyl sites for hydroxylation is 2. The Hall–Kier alpha value is -2.82. The molecule has 0 bridgehead atoms. The maximum atomic E-state index is 13.1. The summed E-state index contributed by atoms with van der Waals surface area (Å²) in [7, 11) is 0. The first-order valence-corrected chi connectivity index (χ1v) is 9.27. The number of imidazole rings is 1. The molecule has 0 N–H and O–H groups in total. The topological polar surface area (TPSA) is 43.1 Å². The number of nitrogens with zero attached hydrogens (tertiary/aromatic N) is 4. The molecule has 26 heavy (non-hydrogen) atoms. The van der Waals surface area contributed by atoms with Crippen molar-refractivity contribution in [1.29, 1.82) is 0 Å². The standard InChI is InChI=1S/C21H24N4O/c26-21(24-13-4-8-19(16-24)25-15-11-22-17-25)20-9-5-12-23(20)14-10-18-6-2-1-3-7-18/h1-3,5-7,9,11-12,15,17,19H,4,8,10,13-14,16H2. The molecular formula is C21H24N4O. The molecular weight excluding hydrogens is 324 g/mol. The van der Waals surface area contributed by atoms with Crippen LogP contribution in [0, 0.1) is 0 Å². The van der Waals surface area contributed by atoms with Crippen LogP contribution < -0.4 is 0 Å². The molecule has 0 spiro atoms. The number of rotatable bonds is 5. The SMILES string of the molecule is O=C(c1cccn1CCc1ccccc1)N1CCCC(n2ccnc2)C1. The number of piperidine rings is 1. The minimum atomic E-state index is 0.132. The molecule has 3 heterocycles. The zero-order valence-corrected chi connectivity index (χ0v) is 14.9. The molecule has 1 aliphatic rings. The van der Waals surface area contributed by atoms with Gasteiger partial charge in [0.25, 0.3) is 5.91 Å². The third-order valence-electron chi connectivity index (χ3n) is 5.16. The van der Waals surface area contributed by atoms with Gasteiger partial charge in [-0.2, -0.15) is 0 Å². The molecule has 0 saturated carbocycles. The minimum absolute atomic E-state index is 0.132. The van der Waals surface area contributed by atoms with E-state index < -0.39 is 0 Å². The molecule has 1 aliphatic heterocycles. The lowest BCUT2D eigenvalue weighted by Gasteiger charge is -2.33. The molecule has 2 aromatic heterocycles. The van der Waals surface area contributed by atoms with E-state index in [2.05, 4.69) is 38.4 Å². The third-order valence-corrected chi connectivity index (χ3v) is 5.16. The first-order chi connectivity index (χ1) is 12.8. The van der Waals surface area contributed by atoms with Crippen molar-refractivity contribution < 1.29 is 4.79 Å². The first-order valence-electron chi connectivity index (χ1n) is 9.27. The van der Waals surface area contributed by atoms with Crippen LogP contribution in [0.2, 0.25) is 0 Å². The van der Waals surface area contributed by atoms with Gasteiger partial charge in [0.2, 0.25) is 0 Å². The highest BCUT2D eigenvalue weighted by atomic mass is 16.2. The Kier molecular flexibility index (Phi) is 4.86. The summed E-state index contributed by atoms with van der Waals surface area (Å²) in [5.41, 5.74) is 2.07. The van der Waals surface area contributed by atoms with Crippen molar-refractivity contribution in [1.82, 2.24) is 19.0 Å². The van der Waals surface area contributed by atoms with Crippen LogP contribution in [0.25, 0.3) is 0 Å². The Bertz CT molecular complexity index is 838. The van der Waals surface area contributed by atoms with E-state index in [1.807, 2.05) is 41.8 Å². The molecule has 4 rings (SSSR count). The molecule has 1 aromatic carbocycles. The van der Waals surface area contributed by atoms with E-state index in [1.54, 1.807) is 6.20 Å². The Balaban J connectivity index is 1.44. The highest BCUT2D eigenvalue weighted by Gasteiger charge is 2.26. The van der Waals surface area contributed by atoms with Crippen molar-refractivity contribution in [2.75, 3.05) is 13.1 Å². The fraction of sp³-hybridized carbons (Fsp3) is 0.333. The van der Waals surface area contributed by atoms with Crippen LogP contribution in [0.15, 0.2) is 67.4 Å². The van der Waals surface area contributed by atoms with Gasteiger partial charge in [0, 0.05) is 38.2 Å². The highest BCUT2D eigenvalue weighted by Crippen LogP contribution is 2.23. The van der Waals surface area contributed by atoms with Crippen molar-refractivity contribution >= 4 is 5.91 Å². The molecule has 5 nitrogen and oxygen atoms in total. The van der Waals surface area contributed by atoms with Gasteiger partial charge in [-0.25, -0.2) is 4.98 Å². The van der Waals surface area contributed by atoms with Gasteiger partial charge >= 0.3 is 0 Å². The lowest BCUT2D eigenvalue weighted by molar-refractivity contribution is 0.0668. The van der Waals surface area contributed by atoms with Gasteiger partial charge in [-0.15, -0.1) is 0 Å². The third kappa shape index (κ3) is 3.57. The van der Waals surface area contributed by atoms with Gasteiger partial charge in [0.1, 0.15) is 5.69 Å². The van der Waals surface area contributed by atoms with Crippen molar-refractivity contribution in [3.8, 4) is 0 Å². The van der Waals surface area contributed by atoms with Gasteiger partial charge in [-0.05, 0) is 37.0 Å². The summed E-state index contributed by atoms with van der Waals surface area (Å²) in [5.74, 6) is 0.132. The normalized spacial score (nSPS) is 17.4. The summed E-state index contributed by atoms with van der Waals surface area (Å²) in [4.78, 5) is 19.2. The van der Waals surface area contributed by atoms with Gasteiger partial charge in [-0.1, -0.05) is 30.3 Å². The minimum Gasteiger partial charge on any atom is -0.343 e. The van der Waals surface area contributed by atoms with Crippen LogP contribution in [-0.4, -0.2) is 38.0 Å². The zero-order chi connectivity index (χ0) is 17.8. The van der Waals surface area contributed by atoms with Gasteiger partial charge in [0.15, 0.2) is 0 Å². The van der Waals surface area contributed by atoms with Crippen molar-refractivity contribution in [2.45, 2.75) is 31.8 Å².